The Hall–Kier alpha value is -2.35. The first kappa shape index (κ1) is 13.7. The van der Waals surface area contributed by atoms with Crippen molar-refractivity contribution in [1.82, 2.24) is 15.0 Å². The maximum absolute atomic E-state index is 8.63. The van der Waals surface area contributed by atoms with Crippen LogP contribution in [-0.2, 0) is 13.7 Å². The number of rotatable bonds is 3. The van der Waals surface area contributed by atoms with Crippen molar-refractivity contribution in [2.24, 2.45) is 7.05 Å². The highest BCUT2D eigenvalue weighted by molar-refractivity contribution is 5.34. The van der Waals surface area contributed by atoms with Crippen molar-refractivity contribution < 1.29 is 4.74 Å². The first-order valence-electron chi connectivity index (χ1n) is 5.76. The molecule has 2 rings (SSSR count). The summed E-state index contributed by atoms with van der Waals surface area (Å²) >= 11 is 0. The first-order valence-corrected chi connectivity index (χ1v) is 5.76. The number of nitriles is 1. The number of aryl methyl sites for hydroxylation is 1. The van der Waals surface area contributed by atoms with Crippen LogP contribution in [0.2, 0.25) is 0 Å². The Labute approximate surface area is 107 Å². The monoisotopic (exact) mass is 244 g/mol. The fourth-order valence-corrected chi connectivity index (χ4v) is 1.24. The van der Waals surface area contributed by atoms with Crippen molar-refractivity contribution in [3.63, 3.8) is 0 Å². The van der Waals surface area contributed by atoms with E-state index in [-0.39, 0.29) is 0 Å². The molecule has 18 heavy (non-hydrogen) atoms. The van der Waals surface area contributed by atoms with Gasteiger partial charge in [0.25, 0.3) is 0 Å². The molecule has 0 saturated carbocycles. The quantitative estimate of drug-likeness (QED) is 0.831. The standard InChI is InChI=1S/C11H10N4O.C2H6/c1-15-7-10(13-14-15)8-16-11-4-2-9(6-12)3-5-11;1-2/h2-5,7H,8H2,1H3;1-2H3. The molecule has 0 aliphatic heterocycles. The third-order valence-corrected chi connectivity index (χ3v) is 2.02. The molecule has 0 N–H and O–H groups in total. The van der Waals surface area contributed by atoms with Crippen LogP contribution >= 0.6 is 0 Å². The lowest BCUT2D eigenvalue weighted by Gasteiger charge is -2.02. The molecule has 0 aliphatic carbocycles. The Kier molecular flexibility index (Phi) is 5.39. The van der Waals surface area contributed by atoms with E-state index in [1.54, 1.807) is 42.2 Å². The normalized spacial score (nSPS) is 9.00. The summed E-state index contributed by atoms with van der Waals surface area (Å²) < 4.78 is 7.10. The molecule has 0 unspecified atom stereocenters. The summed E-state index contributed by atoms with van der Waals surface area (Å²) in [7, 11) is 1.80. The zero-order chi connectivity index (χ0) is 13.4. The molecule has 0 atom stereocenters. The largest absolute Gasteiger partial charge is 0.487 e. The van der Waals surface area contributed by atoms with Crippen LogP contribution in [0.5, 0.6) is 5.75 Å². The van der Waals surface area contributed by atoms with Gasteiger partial charge in [-0.1, -0.05) is 19.1 Å². The fraction of sp³-hybridized carbons (Fsp3) is 0.308. The van der Waals surface area contributed by atoms with Gasteiger partial charge in [0, 0.05) is 7.05 Å². The topological polar surface area (TPSA) is 63.7 Å². The van der Waals surface area contributed by atoms with E-state index in [1.165, 1.54) is 0 Å². The summed E-state index contributed by atoms with van der Waals surface area (Å²) in [6.07, 6.45) is 1.80. The highest BCUT2D eigenvalue weighted by atomic mass is 16.5. The smallest absolute Gasteiger partial charge is 0.134 e. The molecule has 0 bridgehead atoms. The van der Waals surface area contributed by atoms with Crippen molar-refractivity contribution in [3.05, 3.63) is 41.7 Å². The second kappa shape index (κ2) is 7.07. The summed E-state index contributed by atoms with van der Waals surface area (Å²) in [5.74, 6) is 0.713. The molecule has 5 nitrogen and oxygen atoms in total. The van der Waals surface area contributed by atoms with E-state index in [0.29, 0.717) is 17.9 Å². The third kappa shape index (κ3) is 3.91. The predicted octanol–water partition coefficient (Wildman–Crippen LogP) is 2.29. The van der Waals surface area contributed by atoms with Crippen LogP contribution in [0.4, 0.5) is 0 Å². The molecule has 0 spiro atoms. The Bertz CT molecular complexity index is 511. The Balaban J connectivity index is 0.000000771. The van der Waals surface area contributed by atoms with Crippen molar-refractivity contribution in [1.29, 1.82) is 5.26 Å². The molecular formula is C13H16N4O. The van der Waals surface area contributed by atoms with Gasteiger partial charge in [0.2, 0.25) is 0 Å². The summed E-state index contributed by atoms with van der Waals surface area (Å²) in [6.45, 7) is 4.37. The van der Waals surface area contributed by atoms with Crippen molar-refractivity contribution in [2.45, 2.75) is 20.5 Å². The van der Waals surface area contributed by atoms with Crippen molar-refractivity contribution in [2.75, 3.05) is 0 Å². The molecule has 5 heteroatoms. The molecule has 1 aromatic heterocycles. The summed E-state index contributed by atoms with van der Waals surface area (Å²) in [5.41, 5.74) is 1.39. The number of hydrogen-bond acceptors (Lipinski definition) is 4. The average Bonchev–Trinajstić information content (AvgIpc) is 2.85. The molecule has 0 saturated heterocycles. The lowest BCUT2D eigenvalue weighted by Crippen LogP contribution is -1.95. The van der Waals surface area contributed by atoms with Gasteiger partial charge in [0.1, 0.15) is 18.1 Å². The lowest BCUT2D eigenvalue weighted by atomic mass is 10.2. The average molecular weight is 244 g/mol. The van der Waals surface area contributed by atoms with Crippen LogP contribution < -0.4 is 4.74 Å². The molecule has 94 valence electrons. The zero-order valence-electron chi connectivity index (χ0n) is 10.8. The second-order valence-corrected chi connectivity index (χ2v) is 3.31. The number of benzene rings is 1. The van der Waals surface area contributed by atoms with Gasteiger partial charge in [-0.15, -0.1) is 5.10 Å². The van der Waals surface area contributed by atoms with E-state index in [9.17, 15) is 0 Å². The first-order chi connectivity index (χ1) is 8.78. The zero-order valence-corrected chi connectivity index (χ0v) is 10.8. The summed E-state index contributed by atoms with van der Waals surface area (Å²) in [4.78, 5) is 0. The minimum absolute atomic E-state index is 0.375. The van der Waals surface area contributed by atoms with Gasteiger partial charge in [0.05, 0.1) is 17.8 Å². The maximum Gasteiger partial charge on any atom is 0.134 e. The van der Waals surface area contributed by atoms with Crippen LogP contribution in [-0.4, -0.2) is 15.0 Å². The molecule has 0 amide bonds. The van der Waals surface area contributed by atoms with Crippen molar-refractivity contribution in [3.8, 4) is 11.8 Å². The number of aromatic nitrogens is 3. The SMILES string of the molecule is CC.Cn1cc(COc2ccc(C#N)cc2)nn1. The van der Waals surface area contributed by atoms with Crippen LogP contribution in [0.25, 0.3) is 0 Å². The third-order valence-electron chi connectivity index (χ3n) is 2.02. The van der Waals surface area contributed by atoms with E-state index >= 15 is 0 Å². The number of nitrogens with zero attached hydrogens (tertiary/aromatic N) is 4. The van der Waals surface area contributed by atoms with Gasteiger partial charge in [-0.25, -0.2) is 0 Å². The summed E-state index contributed by atoms with van der Waals surface area (Å²) in [6, 6.07) is 9.00. The molecule has 1 aromatic carbocycles. The molecular weight excluding hydrogens is 228 g/mol. The van der Waals surface area contributed by atoms with Gasteiger partial charge < -0.3 is 4.74 Å². The molecule has 0 radical (unpaired) electrons. The van der Waals surface area contributed by atoms with Gasteiger partial charge in [-0.3, -0.25) is 4.68 Å². The minimum Gasteiger partial charge on any atom is -0.487 e. The van der Waals surface area contributed by atoms with Gasteiger partial charge in [0.15, 0.2) is 0 Å². The molecule has 0 fully saturated rings. The van der Waals surface area contributed by atoms with Gasteiger partial charge in [-0.2, -0.15) is 5.26 Å². The number of hydrogen-bond donors (Lipinski definition) is 0. The minimum atomic E-state index is 0.375. The van der Waals surface area contributed by atoms with Crippen LogP contribution in [0.3, 0.4) is 0 Å². The van der Waals surface area contributed by atoms with Crippen LogP contribution in [0, 0.1) is 11.3 Å². The Morgan fingerprint density at radius 3 is 2.44 bits per heavy atom. The molecule has 2 aromatic rings. The summed E-state index contributed by atoms with van der Waals surface area (Å²) in [5, 5.41) is 16.3. The van der Waals surface area contributed by atoms with Gasteiger partial charge in [-0.05, 0) is 24.3 Å². The van der Waals surface area contributed by atoms with Crippen LogP contribution in [0.15, 0.2) is 30.5 Å². The highest BCUT2D eigenvalue weighted by Gasteiger charge is 1.99. The molecule has 1 heterocycles. The van der Waals surface area contributed by atoms with E-state index in [2.05, 4.69) is 16.4 Å². The van der Waals surface area contributed by atoms with E-state index in [1.807, 2.05) is 13.8 Å². The Morgan fingerprint density at radius 1 is 1.28 bits per heavy atom. The highest BCUT2D eigenvalue weighted by Crippen LogP contribution is 2.12. The fourth-order valence-electron chi connectivity index (χ4n) is 1.24. The van der Waals surface area contributed by atoms with Crippen molar-refractivity contribution >= 4 is 0 Å². The van der Waals surface area contributed by atoms with E-state index in [4.69, 9.17) is 10.00 Å². The van der Waals surface area contributed by atoms with Gasteiger partial charge >= 0.3 is 0 Å². The van der Waals surface area contributed by atoms with E-state index in [0.717, 1.165) is 5.69 Å². The van der Waals surface area contributed by atoms with E-state index < -0.39 is 0 Å². The second-order valence-electron chi connectivity index (χ2n) is 3.31. The number of ether oxygens (including phenoxy) is 1. The predicted molar refractivity (Wildman–Crippen MR) is 67.8 cm³/mol. The maximum atomic E-state index is 8.63. The van der Waals surface area contributed by atoms with Crippen LogP contribution in [0.1, 0.15) is 25.1 Å². The Morgan fingerprint density at radius 2 is 1.94 bits per heavy atom. The lowest BCUT2D eigenvalue weighted by molar-refractivity contribution is 0.301. The molecule has 0 aliphatic rings.